The zero-order chi connectivity index (χ0) is 22.1. The van der Waals surface area contributed by atoms with Gasteiger partial charge < -0.3 is 10.1 Å². The summed E-state index contributed by atoms with van der Waals surface area (Å²) < 4.78 is 32.9. The molecule has 166 valence electrons. The van der Waals surface area contributed by atoms with E-state index in [4.69, 9.17) is 4.74 Å². The second-order valence-corrected chi connectivity index (χ2v) is 11.0. The Morgan fingerprint density at radius 3 is 2.45 bits per heavy atom. The lowest BCUT2D eigenvalue weighted by Crippen LogP contribution is -2.41. The number of benzene rings is 2. The van der Waals surface area contributed by atoms with Crippen molar-refractivity contribution in [3.63, 3.8) is 0 Å². The molecule has 7 heteroatoms. The topological polar surface area (TPSA) is 75.7 Å². The highest BCUT2D eigenvalue weighted by Crippen LogP contribution is 2.39. The van der Waals surface area contributed by atoms with E-state index in [1.165, 1.54) is 0 Å². The molecule has 0 radical (unpaired) electrons. The molecule has 1 saturated heterocycles. The molecule has 2 aromatic carbocycles. The summed E-state index contributed by atoms with van der Waals surface area (Å²) in [5.41, 5.74) is 1.80. The van der Waals surface area contributed by atoms with Gasteiger partial charge in [0, 0.05) is 30.6 Å². The van der Waals surface area contributed by atoms with Gasteiger partial charge in [0.25, 0.3) is 5.91 Å². The summed E-state index contributed by atoms with van der Waals surface area (Å²) in [7, 11) is -3.32. The van der Waals surface area contributed by atoms with Crippen LogP contribution in [0.25, 0.3) is 0 Å². The molecule has 0 spiro atoms. The molecule has 1 fully saturated rings. The number of piperidine rings is 1. The summed E-state index contributed by atoms with van der Waals surface area (Å²) in [6.45, 7) is 5.23. The van der Waals surface area contributed by atoms with Crippen molar-refractivity contribution >= 4 is 15.9 Å². The first-order chi connectivity index (χ1) is 14.7. The molecule has 31 heavy (non-hydrogen) atoms. The van der Waals surface area contributed by atoms with E-state index in [1.54, 1.807) is 28.6 Å². The maximum atomic E-state index is 12.9. The molecule has 2 aliphatic rings. The van der Waals surface area contributed by atoms with Crippen molar-refractivity contribution in [2.75, 3.05) is 13.1 Å². The van der Waals surface area contributed by atoms with Gasteiger partial charge in [0.1, 0.15) is 11.4 Å². The van der Waals surface area contributed by atoms with Crippen LogP contribution in [0.1, 0.15) is 67.1 Å². The van der Waals surface area contributed by atoms with E-state index in [0.29, 0.717) is 30.6 Å². The van der Waals surface area contributed by atoms with Crippen LogP contribution in [0, 0.1) is 0 Å². The molecule has 2 aliphatic heterocycles. The van der Waals surface area contributed by atoms with Crippen molar-refractivity contribution in [2.45, 2.75) is 56.9 Å². The number of rotatable bonds is 5. The number of fused-ring (bicyclic) bond motifs is 1. The summed E-state index contributed by atoms with van der Waals surface area (Å²) in [6, 6.07) is 14.5. The average Bonchev–Trinajstić information content (AvgIpc) is 2.74. The van der Waals surface area contributed by atoms with Gasteiger partial charge in [0.15, 0.2) is 0 Å². The molecule has 0 saturated carbocycles. The number of carbonyl (C=O) groups excluding carboxylic acids is 1. The number of carbonyl (C=O) groups is 1. The van der Waals surface area contributed by atoms with Crippen LogP contribution >= 0.6 is 0 Å². The lowest BCUT2D eigenvalue weighted by atomic mass is 9.89. The van der Waals surface area contributed by atoms with E-state index in [-0.39, 0.29) is 23.3 Å². The molecule has 0 bridgehead atoms. The minimum Gasteiger partial charge on any atom is -0.487 e. The highest BCUT2D eigenvalue weighted by molar-refractivity contribution is 7.88. The van der Waals surface area contributed by atoms with Gasteiger partial charge in [-0.3, -0.25) is 4.79 Å². The molecule has 2 aromatic rings. The Labute approximate surface area is 184 Å². The lowest BCUT2D eigenvalue weighted by Gasteiger charge is -2.37. The van der Waals surface area contributed by atoms with Gasteiger partial charge >= 0.3 is 0 Å². The summed E-state index contributed by atoms with van der Waals surface area (Å²) in [5, 5.41) is 3.12. The largest absolute Gasteiger partial charge is 0.487 e. The molecular formula is C24H30N2O4S. The Morgan fingerprint density at radius 2 is 1.74 bits per heavy atom. The van der Waals surface area contributed by atoms with Crippen molar-refractivity contribution in [2.24, 2.45) is 0 Å². The van der Waals surface area contributed by atoms with Crippen LogP contribution < -0.4 is 10.1 Å². The van der Waals surface area contributed by atoms with E-state index in [0.717, 1.165) is 30.6 Å². The van der Waals surface area contributed by atoms with E-state index in [1.807, 2.05) is 38.1 Å². The summed E-state index contributed by atoms with van der Waals surface area (Å²) in [4.78, 5) is 12.9. The zero-order valence-corrected chi connectivity index (χ0v) is 19.0. The number of hydrogen-bond acceptors (Lipinski definition) is 4. The monoisotopic (exact) mass is 442 g/mol. The Morgan fingerprint density at radius 1 is 1.06 bits per heavy atom. The standard InChI is InChI=1S/C24H30N2O4S/c1-24(2)16-21(20-8-4-5-9-22(20)30-24)25-23(27)19-12-10-18(11-13-19)17-31(28,29)26-14-6-3-7-15-26/h4-5,8-13,21H,3,6-7,14-17H2,1-2H3,(H,25,27). The SMILES string of the molecule is CC1(C)CC(NC(=O)c2ccc(CS(=O)(=O)N3CCCCC3)cc2)c2ccccc2O1. The number of ether oxygens (including phenoxy) is 1. The average molecular weight is 443 g/mol. The molecule has 1 atom stereocenters. The molecule has 1 amide bonds. The Kier molecular flexibility index (Phi) is 6.08. The third-order valence-electron chi connectivity index (χ3n) is 5.96. The Balaban J connectivity index is 1.44. The van der Waals surface area contributed by atoms with Gasteiger partial charge in [-0.05, 0) is 50.5 Å². The predicted molar refractivity (Wildman–Crippen MR) is 120 cm³/mol. The Bertz CT molecular complexity index is 1040. The van der Waals surface area contributed by atoms with Crippen molar-refractivity contribution in [1.82, 2.24) is 9.62 Å². The van der Waals surface area contributed by atoms with Gasteiger partial charge in [-0.15, -0.1) is 0 Å². The molecule has 1 N–H and O–H groups in total. The van der Waals surface area contributed by atoms with Crippen LogP contribution in [0.2, 0.25) is 0 Å². The second kappa shape index (κ2) is 8.63. The molecule has 4 rings (SSSR count). The minimum absolute atomic E-state index is 0.0313. The minimum atomic E-state index is -3.32. The summed E-state index contributed by atoms with van der Waals surface area (Å²) in [6.07, 6.45) is 3.60. The molecular weight excluding hydrogens is 412 g/mol. The summed E-state index contributed by atoms with van der Waals surface area (Å²) in [5.74, 6) is 0.585. The van der Waals surface area contributed by atoms with Gasteiger partial charge in [0.2, 0.25) is 10.0 Å². The van der Waals surface area contributed by atoms with Crippen molar-refractivity contribution < 1.29 is 17.9 Å². The Hall–Kier alpha value is -2.38. The van der Waals surface area contributed by atoms with E-state index >= 15 is 0 Å². The number of hydrogen-bond donors (Lipinski definition) is 1. The van der Waals surface area contributed by atoms with Crippen LogP contribution in [0.4, 0.5) is 0 Å². The first-order valence-corrected chi connectivity index (χ1v) is 12.5. The number of amides is 1. The van der Waals surface area contributed by atoms with E-state index in [9.17, 15) is 13.2 Å². The third-order valence-corrected chi connectivity index (χ3v) is 7.81. The van der Waals surface area contributed by atoms with Crippen molar-refractivity contribution in [3.05, 3.63) is 65.2 Å². The van der Waals surface area contributed by atoms with Crippen LogP contribution in [-0.4, -0.2) is 37.3 Å². The molecule has 1 unspecified atom stereocenters. The second-order valence-electron chi connectivity index (χ2n) is 9.04. The smallest absolute Gasteiger partial charge is 0.251 e. The van der Waals surface area contributed by atoms with Crippen LogP contribution in [0.5, 0.6) is 5.75 Å². The fraction of sp³-hybridized carbons (Fsp3) is 0.458. The van der Waals surface area contributed by atoms with E-state index in [2.05, 4.69) is 5.32 Å². The van der Waals surface area contributed by atoms with E-state index < -0.39 is 10.0 Å². The van der Waals surface area contributed by atoms with Crippen molar-refractivity contribution in [3.8, 4) is 5.75 Å². The lowest BCUT2D eigenvalue weighted by molar-refractivity contribution is 0.0619. The van der Waals surface area contributed by atoms with Gasteiger partial charge in [-0.2, -0.15) is 0 Å². The molecule has 6 nitrogen and oxygen atoms in total. The molecule has 2 heterocycles. The molecule has 0 aliphatic carbocycles. The van der Waals surface area contributed by atoms with Gasteiger partial charge in [-0.25, -0.2) is 12.7 Å². The number of para-hydroxylation sites is 1. The third kappa shape index (κ3) is 5.10. The normalized spacial score (nSPS) is 21.0. The fourth-order valence-electron chi connectivity index (χ4n) is 4.37. The quantitative estimate of drug-likeness (QED) is 0.758. The first kappa shape index (κ1) is 21.8. The zero-order valence-electron chi connectivity index (χ0n) is 18.1. The van der Waals surface area contributed by atoms with Gasteiger partial charge in [-0.1, -0.05) is 36.8 Å². The predicted octanol–water partition coefficient (Wildman–Crippen LogP) is 4.03. The van der Waals surface area contributed by atoms with Crippen LogP contribution in [0.3, 0.4) is 0 Å². The number of nitrogens with one attached hydrogen (secondary N) is 1. The van der Waals surface area contributed by atoms with Crippen LogP contribution in [0.15, 0.2) is 48.5 Å². The molecule has 0 aromatic heterocycles. The number of nitrogens with zero attached hydrogens (tertiary/aromatic N) is 1. The first-order valence-electron chi connectivity index (χ1n) is 10.9. The number of sulfonamides is 1. The highest BCUT2D eigenvalue weighted by atomic mass is 32.2. The van der Waals surface area contributed by atoms with Crippen molar-refractivity contribution in [1.29, 1.82) is 0 Å². The van der Waals surface area contributed by atoms with Crippen LogP contribution in [-0.2, 0) is 15.8 Å². The maximum absolute atomic E-state index is 12.9. The van der Waals surface area contributed by atoms with Gasteiger partial charge in [0.05, 0.1) is 11.8 Å². The highest BCUT2D eigenvalue weighted by Gasteiger charge is 2.34. The summed E-state index contributed by atoms with van der Waals surface area (Å²) >= 11 is 0. The maximum Gasteiger partial charge on any atom is 0.251 e. The fourth-order valence-corrected chi connectivity index (χ4v) is 5.98.